The second-order valence-electron chi connectivity index (χ2n) is 8.77. The number of nitrogens with zero attached hydrogens (tertiary/aromatic N) is 2. The average molecular weight is 444 g/mol. The Morgan fingerprint density at radius 1 is 1.34 bits per heavy atom. The fraction of sp³-hybridized carbons (Fsp3) is 0.542. The van der Waals surface area contributed by atoms with Crippen LogP contribution in [0.25, 0.3) is 0 Å². The molecule has 1 fully saturated rings. The average Bonchev–Trinajstić information content (AvgIpc) is 3.07. The quantitative estimate of drug-likeness (QED) is 0.548. The Labute approximate surface area is 187 Å². The lowest BCUT2D eigenvalue weighted by atomic mass is 9.76. The Hall–Kier alpha value is -2.74. The highest BCUT2D eigenvalue weighted by Gasteiger charge is 2.39. The van der Waals surface area contributed by atoms with Crippen molar-refractivity contribution in [3.63, 3.8) is 0 Å². The molecule has 1 aromatic carbocycles. The number of hydrogen-bond acceptors (Lipinski definition) is 5. The van der Waals surface area contributed by atoms with E-state index in [1.165, 1.54) is 18.2 Å². The van der Waals surface area contributed by atoms with Gasteiger partial charge in [0.1, 0.15) is 5.82 Å². The topological polar surface area (TPSA) is 82.5 Å². The lowest BCUT2D eigenvalue weighted by Gasteiger charge is -2.36. The molecule has 0 bridgehead atoms. The van der Waals surface area contributed by atoms with Crippen molar-refractivity contribution in [3.8, 4) is 0 Å². The summed E-state index contributed by atoms with van der Waals surface area (Å²) in [5.74, 6) is -0.870. The summed E-state index contributed by atoms with van der Waals surface area (Å²) in [6.07, 6.45) is 3.85. The molecule has 1 spiro atoms. The number of aryl methyl sites for hydroxylation is 3. The van der Waals surface area contributed by atoms with E-state index in [1.807, 2.05) is 11.6 Å². The van der Waals surface area contributed by atoms with Gasteiger partial charge in [0.2, 0.25) is 0 Å². The summed E-state index contributed by atoms with van der Waals surface area (Å²) in [7, 11) is 0. The molecule has 1 aromatic heterocycles. The third-order valence-corrected chi connectivity index (χ3v) is 6.55. The van der Waals surface area contributed by atoms with E-state index in [4.69, 9.17) is 14.6 Å². The number of nitrogens with one attached hydrogen (secondary N) is 1. The molecule has 172 valence electrons. The van der Waals surface area contributed by atoms with Gasteiger partial charge in [-0.2, -0.15) is 5.10 Å². The number of rotatable bonds is 6. The van der Waals surface area contributed by atoms with Crippen LogP contribution in [-0.4, -0.2) is 48.0 Å². The molecule has 0 aliphatic carbocycles. The molecular weight excluding hydrogens is 413 g/mol. The number of amides is 1. The molecule has 32 heavy (non-hydrogen) atoms. The molecule has 4 rings (SSSR count). The van der Waals surface area contributed by atoms with Crippen LogP contribution in [0.5, 0.6) is 0 Å². The van der Waals surface area contributed by atoms with Crippen LogP contribution in [0.3, 0.4) is 0 Å². The Balaban J connectivity index is 1.44. The van der Waals surface area contributed by atoms with Crippen molar-refractivity contribution in [2.24, 2.45) is 5.41 Å². The lowest BCUT2D eigenvalue weighted by molar-refractivity contribution is 0.0152. The Morgan fingerprint density at radius 3 is 2.84 bits per heavy atom. The third-order valence-electron chi connectivity index (χ3n) is 6.55. The van der Waals surface area contributed by atoms with Crippen molar-refractivity contribution in [1.82, 2.24) is 15.1 Å². The van der Waals surface area contributed by atoms with Gasteiger partial charge in [-0.1, -0.05) is 6.92 Å². The lowest BCUT2D eigenvalue weighted by Crippen LogP contribution is -2.40. The van der Waals surface area contributed by atoms with Crippen molar-refractivity contribution in [1.29, 1.82) is 0 Å². The van der Waals surface area contributed by atoms with Crippen molar-refractivity contribution >= 4 is 11.9 Å². The summed E-state index contributed by atoms with van der Waals surface area (Å²) < 4.78 is 26.3. The number of benzene rings is 1. The minimum absolute atomic E-state index is 0.00510. The van der Waals surface area contributed by atoms with Crippen LogP contribution >= 0.6 is 0 Å². The Morgan fingerprint density at radius 2 is 2.12 bits per heavy atom. The van der Waals surface area contributed by atoms with Gasteiger partial charge in [0.25, 0.3) is 5.91 Å². The summed E-state index contributed by atoms with van der Waals surface area (Å²) in [6.45, 7) is 6.46. The second-order valence-corrected chi connectivity index (χ2v) is 8.77. The van der Waals surface area contributed by atoms with Crippen molar-refractivity contribution < 1.29 is 23.5 Å². The summed E-state index contributed by atoms with van der Waals surface area (Å²) in [6, 6.07) is 4.19. The number of esters is 1. The molecule has 1 N–H and O–H groups in total. The molecule has 3 heterocycles. The van der Waals surface area contributed by atoms with E-state index in [0.717, 1.165) is 30.7 Å². The number of fused-ring (bicyclic) bond motifs is 1. The molecule has 8 heteroatoms. The number of carbonyl (C=O) groups excluding carboxylic acids is 2. The molecule has 0 atom stereocenters. The normalized spacial score (nSPS) is 17.5. The third kappa shape index (κ3) is 4.55. The summed E-state index contributed by atoms with van der Waals surface area (Å²) in [5.41, 5.74) is 3.22. The van der Waals surface area contributed by atoms with Crippen molar-refractivity contribution in [2.75, 3.05) is 26.4 Å². The van der Waals surface area contributed by atoms with Crippen LogP contribution in [0.4, 0.5) is 4.39 Å². The zero-order valence-electron chi connectivity index (χ0n) is 18.7. The van der Waals surface area contributed by atoms with Gasteiger partial charge in [0, 0.05) is 32.7 Å². The number of ether oxygens (including phenoxy) is 2. The van der Waals surface area contributed by atoms with Crippen molar-refractivity contribution in [3.05, 3.63) is 52.1 Å². The predicted molar refractivity (Wildman–Crippen MR) is 116 cm³/mol. The zero-order chi connectivity index (χ0) is 22.7. The van der Waals surface area contributed by atoms with Gasteiger partial charge in [-0.05, 0) is 61.8 Å². The highest BCUT2D eigenvalue weighted by Crippen LogP contribution is 2.37. The maximum Gasteiger partial charge on any atom is 0.338 e. The van der Waals surface area contributed by atoms with Gasteiger partial charge in [0.15, 0.2) is 0 Å². The van der Waals surface area contributed by atoms with Crippen LogP contribution < -0.4 is 5.32 Å². The number of carbonyl (C=O) groups is 2. The van der Waals surface area contributed by atoms with Gasteiger partial charge in [-0.15, -0.1) is 0 Å². The smallest absolute Gasteiger partial charge is 0.338 e. The number of aromatic nitrogens is 2. The monoisotopic (exact) mass is 443 g/mol. The molecule has 2 aliphatic rings. The van der Waals surface area contributed by atoms with E-state index < -0.39 is 5.97 Å². The number of halogens is 1. The summed E-state index contributed by atoms with van der Waals surface area (Å²) >= 11 is 0. The van der Waals surface area contributed by atoms with Gasteiger partial charge in [-0.25, -0.2) is 9.18 Å². The summed E-state index contributed by atoms with van der Waals surface area (Å²) in [5, 5.41) is 7.83. The van der Waals surface area contributed by atoms with Crippen LogP contribution in [0, 0.1) is 18.2 Å². The van der Waals surface area contributed by atoms with Gasteiger partial charge in [0.05, 0.1) is 29.1 Å². The zero-order valence-corrected chi connectivity index (χ0v) is 18.7. The highest BCUT2D eigenvalue weighted by molar-refractivity contribution is 5.97. The molecule has 1 amide bonds. The summed E-state index contributed by atoms with van der Waals surface area (Å²) in [4.78, 5) is 25.1. The standard InChI is InChI=1S/C24H30FN3O4/c1-3-19-21-20(14-24(15-26-22(21)29)7-11-31-12-8-24)28(27-19)9-4-10-32-23(30)17-5-6-18(25)16(2)13-17/h5-6,13H,3-4,7-12,14-15H2,1-2H3,(H,26,29). The Bertz CT molecular complexity index is 1010. The molecule has 7 nitrogen and oxygen atoms in total. The fourth-order valence-electron chi connectivity index (χ4n) is 4.59. The molecular formula is C24H30FN3O4. The van der Waals surface area contributed by atoms with Crippen molar-refractivity contribution in [2.45, 2.75) is 52.5 Å². The first-order valence-electron chi connectivity index (χ1n) is 11.3. The predicted octanol–water partition coefficient (Wildman–Crippen LogP) is 3.22. The minimum Gasteiger partial charge on any atom is -0.462 e. The molecule has 0 unspecified atom stereocenters. The van der Waals surface area contributed by atoms with Gasteiger partial charge >= 0.3 is 5.97 Å². The van der Waals surface area contributed by atoms with E-state index in [-0.39, 0.29) is 23.7 Å². The SMILES string of the molecule is CCc1nn(CCCOC(=O)c2ccc(F)c(C)c2)c2c1C(=O)NCC1(CCOCC1)C2. The highest BCUT2D eigenvalue weighted by atomic mass is 19.1. The van der Waals surface area contributed by atoms with E-state index in [9.17, 15) is 14.0 Å². The van der Waals surface area contributed by atoms with Crippen LogP contribution in [-0.2, 0) is 28.9 Å². The first-order chi connectivity index (χ1) is 15.4. The van der Waals surface area contributed by atoms with Crippen LogP contribution in [0.15, 0.2) is 18.2 Å². The van der Waals surface area contributed by atoms with E-state index >= 15 is 0 Å². The van der Waals surface area contributed by atoms with E-state index in [0.29, 0.717) is 55.8 Å². The van der Waals surface area contributed by atoms with Crippen LogP contribution in [0.2, 0.25) is 0 Å². The van der Waals surface area contributed by atoms with Crippen LogP contribution in [0.1, 0.15) is 63.9 Å². The molecule has 0 saturated carbocycles. The molecule has 0 radical (unpaired) electrons. The molecule has 2 aliphatic heterocycles. The van der Waals surface area contributed by atoms with Gasteiger partial charge in [-0.3, -0.25) is 9.48 Å². The van der Waals surface area contributed by atoms with E-state index in [2.05, 4.69) is 5.32 Å². The molecule has 2 aromatic rings. The Kier molecular flexibility index (Phi) is 6.60. The van der Waals surface area contributed by atoms with Gasteiger partial charge < -0.3 is 14.8 Å². The van der Waals surface area contributed by atoms with E-state index in [1.54, 1.807) is 6.92 Å². The maximum absolute atomic E-state index is 13.4. The first-order valence-corrected chi connectivity index (χ1v) is 11.3. The maximum atomic E-state index is 13.4. The molecule has 1 saturated heterocycles. The number of hydrogen-bond donors (Lipinski definition) is 1. The first kappa shape index (κ1) is 22.5. The second kappa shape index (κ2) is 9.40. The largest absolute Gasteiger partial charge is 0.462 e. The minimum atomic E-state index is -0.470. The fourth-order valence-corrected chi connectivity index (χ4v) is 4.59.